The smallest absolute Gasteiger partial charge is 0.191 e. The second-order valence-electron chi connectivity index (χ2n) is 4.92. The van der Waals surface area contributed by atoms with Crippen molar-refractivity contribution in [1.29, 1.82) is 0 Å². The van der Waals surface area contributed by atoms with Crippen LogP contribution >= 0.6 is 0 Å². The van der Waals surface area contributed by atoms with Crippen LogP contribution in [0.2, 0.25) is 0 Å². The van der Waals surface area contributed by atoms with Crippen LogP contribution in [-0.4, -0.2) is 5.96 Å². The van der Waals surface area contributed by atoms with Gasteiger partial charge in [-0.15, -0.1) is 0 Å². The Morgan fingerprint density at radius 1 is 1.12 bits per heavy atom. The number of hydrogen-bond acceptors (Lipinski definition) is 2. The molecule has 0 bridgehead atoms. The second-order valence-corrected chi connectivity index (χ2v) is 4.92. The van der Waals surface area contributed by atoms with Crippen molar-refractivity contribution in [1.82, 2.24) is 0 Å². The Hall–Kier alpha value is -1.97. The van der Waals surface area contributed by atoms with Gasteiger partial charge in [-0.25, -0.2) is 4.99 Å². The molecule has 1 aromatic carbocycles. The minimum absolute atomic E-state index is 0.00148. The first-order valence-corrected chi connectivity index (χ1v) is 5.47. The van der Waals surface area contributed by atoms with Gasteiger partial charge in [-0.1, -0.05) is 45.0 Å². The van der Waals surface area contributed by atoms with E-state index in [1.165, 1.54) is 11.8 Å². The molecule has 0 atom stereocenters. The lowest BCUT2D eigenvalue weighted by Crippen LogP contribution is -2.22. The largest absolute Gasteiger partial charge is 0.403 e. The molecule has 0 aliphatic heterocycles. The molecule has 0 amide bonds. The van der Waals surface area contributed by atoms with Crippen LogP contribution < -0.4 is 17.2 Å². The Kier molecular flexibility index (Phi) is 3.78. The van der Waals surface area contributed by atoms with Gasteiger partial charge in [0.2, 0.25) is 0 Å². The molecule has 17 heavy (non-hydrogen) atoms. The molecule has 4 nitrogen and oxygen atoms in total. The number of rotatable bonds is 2. The molecule has 0 aliphatic carbocycles. The third kappa shape index (κ3) is 3.52. The lowest BCUT2D eigenvalue weighted by Gasteiger charge is -2.19. The zero-order chi connectivity index (χ0) is 13.1. The summed E-state index contributed by atoms with van der Waals surface area (Å²) in [4.78, 5) is 3.97. The molecule has 0 heterocycles. The van der Waals surface area contributed by atoms with E-state index in [-0.39, 0.29) is 11.4 Å². The summed E-state index contributed by atoms with van der Waals surface area (Å²) in [5.41, 5.74) is 19.0. The van der Waals surface area contributed by atoms with Gasteiger partial charge in [0, 0.05) is 11.8 Å². The molecule has 0 radical (unpaired) electrons. The van der Waals surface area contributed by atoms with Gasteiger partial charge in [0.1, 0.15) is 0 Å². The zero-order valence-electron chi connectivity index (χ0n) is 10.6. The number of guanidine groups is 1. The average molecular weight is 232 g/mol. The third-order valence-corrected chi connectivity index (χ3v) is 2.45. The molecule has 0 unspecified atom stereocenters. The van der Waals surface area contributed by atoms with Crippen molar-refractivity contribution in [2.24, 2.45) is 22.2 Å². The second kappa shape index (κ2) is 4.91. The van der Waals surface area contributed by atoms with Crippen molar-refractivity contribution in [3.05, 3.63) is 41.6 Å². The first-order chi connectivity index (χ1) is 7.84. The monoisotopic (exact) mass is 232 g/mol. The highest BCUT2D eigenvalue weighted by Gasteiger charge is 2.13. The maximum atomic E-state index is 5.50. The molecule has 0 spiro atoms. The molecule has 0 fully saturated rings. The van der Waals surface area contributed by atoms with Gasteiger partial charge in [-0.3, -0.25) is 0 Å². The van der Waals surface area contributed by atoms with Crippen LogP contribution in [0.4, 0.5) is 0 Å². The van der Waals surface area contributed by atoms with Crippen molar-refractivity contribution in [2.75, 3.05) is 0 Å². The normalized spacial score (nSPS) is 12.3. The molecule has 1 aromatic rings. The molecular weight excluding hydrogens is 212 g/mol. The number of hydrogen-bond donors (Lipinski definition) is 3. The van der Waals surface area contributed by atoms with Gasteiger partial charge in [0.05, 0.1) is 5.70 Å². The molecule has 0 aliphatic rings. The van der Waals surface area contributed by atoms with Gasteiger partial charge in [0.25, 0.3) is 0 Å². The number of benzene rings is 1. The molecule has 92 valence electrons. The summed E-state index contributed by atoms with van der Waals surface area (Å²) in [7, 11) is 0. The van der Waals surface area contributed by atoms with E-state index < -0.39 is 0 Å². The van der Waals surface area contributed by atoms with Crippen LogP contribution in [0.5, 0.6) is 0 Å². The predicted octanol–water partition coefficient (Wildman–Crippen LogP) is 1.51. The maximum Gasteiger partial charge on any atom is 0.191 e. The van der Waals surface area contributed by atoms with Gasteiger partial charge >= 0.3 is 0 Å². The third-order valence-electron chi connectivity index (χ3n) is 2.45. The Labute approximate surface area is 102 Å². The molecule has 6 N–H and O–H groups in total. The van der Waals surface area contributed by atoms with Crippen LogP contribution in [0, 0.1) is 0 Å². The van der Waals surface area contributed by atoms with Gasteiger partial charge in [-0.2, -0.15) is 0 Å². The first kappa shape index (κ1) is 13.1. The summed E-state index contributed by atoms with van der Waals surface area (Å²) in [5.74, 6) is 0.00148. The number of aliphatic imine (C=N–C) groups is 1. The Bertz CT molecular complexity index is 431. The zero-order valence-corrected chi connectivity index (χ0v) is 10.6. The van der Waals surface area contributed by atoms with E-state index in [2.05, 4.69) is 37.9 Å². The number of nitrogens with two attached hydrogens (primary N) is 3. The van der Waals surface area contributed by atoms with E-state index in [0.717, 1.165) is 5.56 Å². The van der Waals surface area contributed by atoms with E-state index in [9.17, 15) is 0 Å². The predicted molar refractivity (Wildman–Crippen MR) is 73.1 cm³/mol. The van der Waals surface area contributed by atoms with Crippen molar-refractivity contribution >= 4 is 11.7 Å². The Morgan fingerprint density at radius 3 is 2.00 bits per heavy atom. The van der Waals surface area contributed by atoms with Crippen molar-refractivity contribution in [2.45, 2.75) is 26.2 Å². The van der Waals surface area contributed by atoms with Crippen molar-refractivity contribution in [3.63, 3.8) is 0 Å². The van der Waals surface area contributed by atoms with Gasteiger partial charge in [-0.05, 0) is 11.0 Å². The minimum atomic E-state index is 0.00148. The van der Waals surface area contributed by atoms with Gasteiger partial charge < -0.3 is 17.2 Å². The summed E-state index contributed by atoms with van der Waals surface area (Å²) in [6, 6.07) is 8.04. The highest BCUT2D eigenvalue weighted by molar-refractivity contribution is 5.83. The summed E-state index contributed by atoms with van der Waals surface area (Å²) in [6.07, 6.45) is 1.39. The quantitative estimate of drug-likeness (QED) is 0.533. The summed E-state index contributed by atoms with van der Waals surface area (Å²) in [5, 5.41) is 0. The SMILES string of the molecule is CC(C)(C)c1ccc(/C(=C/N)N=C(N)N)cc1. The van der Waals surface area contributed by atoms with E-state index in [0.29, 0.717) is 5.70 Å². The number of nitrogens with zero attached hydrogens (tertiary/aromatic N) is 1. The van der Waals surface area contributed by atoms with Crippen LogP contribution in [0.3, 0.4) is 0 Å². The lowest BCUT2D eigenvalue weighted by atomic mass is 9.86. The topological polar surface area (TPSA) is 90.4 Å². The molecule has 0 saturated heterocycles. The molecule has 1 rings (SSSR count). The Balaban J connectivity index is 3.07. The van der Waals surface area contributed by atoms with Gasteiger partial charge in [0.15, 0.2) is 5.96 Å². The fourth-order valence-electron chi connectivity index (χ4n) is 1.48. The standard InChI is InChI=1S/C13H20N4/c1-13(2,3)10-6-4-9(5-7-10)11(8-14)17-12(15)16/h4-8H,14H2,1-3H3,(H4,15,16,17)/b11-8-. The van der Waals surface area contributed by atoms with Crippen molar-refractivity contribution < 1.29 is 0 Å². The molecular formula is C13H20N4. The van der Waals surface area contributed by atoms with Crippen molar-refractivity contribution in [3.8, 4) is 0 Å². The maximum absolute atomic E-state index is 5.50. The Morgan fingerprint density at radius 2 is 1.65 bits per heavy atom. The first-order valence-electron chi connectivity index (χ1n) is 5.47. The summed E-state index contributed by atoms with van der Waals surface area (Å²) >= 11 is 0. The fraction of sp³-hybridized carbons (Fsp3) is 0.308. The highest BCUT2D eigenvalue weighted by atomic mass is 15.0. The highest BCUT2D eigenvalue weighted by Crippen LogP contribution is 2.24. The lowest BCUT2D eigenvalue weighted by molar-refractivity contribution is 0.590. The summed E-state index contributed by atoms with van der Waals surface area (Å²) < 4.78 is 0. The van der Waals surface area contributed by atoms with Crippen LogP contribution in [0.15, 0.2) is 35.5 Å². The fourth-order valence-corrected chi connectivity index (χ4v) is 1.48. The van der Waals surface area contributed by atoms with E-state index in [1.807, 2.05) is 12.1 Å². The average Bonchev–Trinajstić information content (AvgIpc) is 2.24. The van der Waals surface area contributed by atoms with Crippen LogP contribution in [0.1, 0.15) is 31.9 Å². The van der Waals surface area contributed by atoms with E-state index >= 15 is 0 Å². The molecule has 4 heteroatoms. The van der Waals surface area contributed by atoms with Crippen LogP contribution in [-0.2, 0) is 5.41 Å². The van der Waals surface area contributed by atoms with Crippen LogP contribution in [0.25, 0.3) is 5.70 Å². The molecule has 0 aromatic heterocycles. The van der Waals surface area contributed by atoms with E-state index in [1.54, 1.807) is 0 Å². The molecule has 0 saturated carbocycles. The summed E-state index contributed by atoms with van der Waals surface area (Å²) in [6.45, 7) is 6.49. The van der Waals surface area contributed by atoms with E-state index in [4.69, 9.17) is 17.2 Å². The minimum Gasteiger partial charge on any atom is -0.403 e.